The smallest absolute Gasteiger partial charge is 0.269 e. The third kappa shape index (κ3) is 4.75. The number of nitrogens with zero attached hydrogens (tertiary/aromatic N) is 5. The zero-order valence-corrected chi connectivity index (χ0v) is 20.9. The first-order valence-corrected chi connectivity index (χ1v) is 12.1. The Morgan fingerprint density at radius 2 is 1.68 bits per heavy atom. The van der Waals surface area contributed by atoms with Gasteiger partial charge in [0, 0.05) is 12.0 Å². The molecule has 9 nitrogen and oxygen atoms in total. The highest BCUT2D eigenvalue weighted by Gasteiger charge is 2.25. The summed E-state index contributed by atoms with van der Waals surface area (Å²) < 4.78 is 7.72. The molecule has 5 rings (SSSR count). The molecule has 38 heavy (non-hydrogen) atoms. The first-order chi connectivity index (χ1) is 18.5. The Hall–Kier alpha value is -5.23. The number of hydrogen-bond acceptors (Lipinski definition) is 8. The van der Waals surface area contributed by atoms with E-state index in [0.29, 0.717) is 39.7 Å². The van der Waals surface area contributed by atoms with Crippen LogP contribution >= 0.6 is 0 Å². The second-order valence-corrected chi connectivity index (χ2v) is 8.84. The standard InChI is InChI=1S/C29H25N7O2/c1-18(19(2)33-26-20(16-30)17-32-29(31)35-26)27-34-23-14-9-15-24(38-22-12-7-4-8-13-22)25(23)28(37)36(27)21-10-5-3-6-11-21/h3-15,17-19H,1-2H3,(H3,31,32,33,35). The van der Waals surface area contributed by atoms with Crippen LogP contribution < -0.4 is 21.3 Å². The van der Waals surface area contributed by atoms with Crippen LogP contribution in [0.25, 0.3) is 16.6 Å². The number of hydrogen-bond donors (Lipinski definition) is 2. The number of nitrogens with one attached hydrogen (secondary N) is 1. The molecule has 0 saturated heterocycles. The van der Waals surface area contributed by atoms with Gasteiger partial charge in [0.05, 0.1) is 17.4 Å². The van der Waals surface area contributed by atoms with E-state index in [9.17, 15) is 10.1 Å². The summed E-state index contributed by atoms with van der Waals surface area (Å²) in [5.74, 6) is 1.70. The molecule has 0 bridgehead atoms. The molecule has 2 unspecified atom stereocenters. The number of para-hydroxylation sites is 2. The summed E-state index contributed by atoms with van der Waals surface area (Å²) in [6, 6.07) is 25.9. The Balaban J connectivity index is 1.64. The Morgan fingerprint density at radius 1 is 0.974 bits per heavy atom. The first kappa shape index (κ1) is 24.5. The van der Waals surface area contributed by atoms with Crippen molar-refractivity contribution in [2.75, 3.05) is 11.1 Å². The van der Waals surface area contributed by atoms with Crippen molar-refractivity contribution in [3.8, 4) is 23.3 Å². The Bertz CT molecular complexity index is 1700. The van der Waals surface area contributed by atoms with Gasteiger partial charge >= 0.3 is 0 Å². The van der Waals surface area contributed by atoms with E-state index in [1.54, 1.807) is 16.7 Å². The molecule has 0 amide bonds. The number of ether oxygens (including phenoxy) is 1. The zero-order chi connectivity index (χ0) is 26.6. The highest BCUT2D eigenvalue weighted by Crippen LogP contribution is 2.30. The lowest BCUT2D eigenvalue weighted by Gasteiger charge is -2.25. The summed E-state index contributed by atoms with van der Waals surface area (Å²) in [7, 11) is 0. The molecule has 0 saturated carbocycles. The van der Waals surface area contributed by atoms with E-state index < -0.39 is 0 Å². The van der Waals surface area contributed by atoms with Crippen LogP contribution in [-0.4, -0.2) is 25.6 Å². The molecule has 2 aromatic heterocycles. The fourth-order valence-corrected chi connectivity index (χ4v) is 4.20. The van der Waals surface area contributed by atoms with Crippen LogP contribution in [-0.2, 0) is 0 Å². The SMILES string of the molecule is CC(Nc1nc(N)ncc1C#N)C(C)c1nc2cccc(Oc3ccccc3)c2c(=O)n1-c1ccccc1. The molecule has 0 spiro atoms. The minimum atomic E-state index is -0.284. The molecule has 3 aromatic carbocycles. The van der Waals surface area contributed by atoms with Gasteiger partial charge in [-0.1, -0.05) is 49.4 Å². The van der Waals surface area contributed by atoms with Crippen molar-refractivity contribution < 1.29 is 4.74 Å². The lowest BCUT2D eigenvalue weighted by molar-refractivity contribution is 0.487. The molecule has 0 aliphatic heterocycles. The van der Waals surface area contributed by atoms with Gasteiger partial charge in [0.2, 0.25) is 5.95 Å². The first-order valence-electron chi connectivity index (χ1n) is 12.1. The molecule has 0 fully saturated rings. The molecule has 188 valence electrons. The third-order valence-corrected chi connectivity index (χ3v) is 6.32. The van der Waals surface area contributed by atoms with Crippen molar-refractivity contribution in [3.05, 3.63) is 107 Å². The van der Waals surface area contributed by atoms with Gasteiger partial charge in [0.1, 0.15) is 40.2 Å². The molecular weight excluding hydrogens is 478 g/mol. The van der Waals surface area contributed by atoms with Crippen molar-refractivity contribution in [1.82, 2.24) is 19.5 Å². The van der Waals surface area contributed by atoms with Crippen LogP contribution in [0.1, 0.15) is 31.2 Å². The Labute approximate surface area is 219 Å². The molecular formula is C29H25N7O2. The van der Waals surface area contributed by atoms with E-state index in [0.717, 1.165) is 0 Å². The van der Waals surface area contributed by atoms with Gasteiger partial charge < -0.3 is 15.8 Å². The van der Waals surface area contributed by atoms with Gasteiger partial charge in [-0.2, -0.15) is 10.2 Å². The molecule has 5 aromatic rings. The molecule has 0 aliphatic carbocycles. The molecule has 2 atom stereocenters. The second kappa shape index (κ2) is 10.4. The Kier molecular flexibility index (Phi) is 6.70. The topological polar surface area (TPSA) is 132 Å². The van der Waals surface area contributed by atoms with Gasteiger partial charge in [-0.25, -0.2) is 9.97 Å². The third-order valence-electron chi connectivity index (χ3n) is 6.32. The number of aromatic nitrogens is 4. The summed E-state index contributed by atoms with van der Waals surface area (Å²) in [5.41, 5.74) is 6.98. The maximum Gasteiger partial charge on any atom is 0.269 e. The van der Waals surface area contributed by atoms with Crippen LogP contribution in [0.5, 0.6) is 11.5 Å². The summed E-state index contributed by atoms with van der Waals surface area (Å²) in [6.07, 6.45) is 1.38. The van der Waals surface area contributed by atoms with Gasteiger partial charge in [-0.3, -0.25) is 9.36 Å². The number of nitrogens with two attached hydrogens (primary N) is 1. The lowest BCUT2D eigenvalue weighted by Crippen LogP contribution is -2.31. The second-order valence-electron chi connectivity index (χ2n) is 8.84. The van der Waals surface area contributed by atoms with Gasteiger partial charge in [0.25, 0.3) is 5.56 Å². The molecule has 2 heterocycles. The predicted molar refractivity (Wildman–Crippen MR) is 147 cm³/mol. The highest BCUT2D eigenvalue weighted by molar-refractivity contribution is 5.85. The van der Waals surface area contributed by atoms with E-state index in [-0.39, 0.29) is 29.0 Å². The normalized spacial score (nSPS) is 12.4. The lowest BCUT2D eigenvalue weighted by atomic mass is 10.0. The quantitative estimate of drug-likeness (QED) is 0.316. The van der Waals surface area contributed by atoms with Crippen LogP contribution in [0.3, 0.4) is 0 Å². The molecule has 9 heteroatoms. The van der Waals surface area contributed by atoms with Crippen LogP contribution in [0.2, 0.25) is 0 Å². The van der Waals surface area contributed by atoms with Crippen molar-refractivity contribution in [1.29, 1.82) is 5.26 Å². The number of nitrogen functional groups attached to an aromatic ring is 1. The average Bonchev–Trinajstić information content (AvgIpc) is 2.93. The van der Waals surface area contributed by atoms with Gasteiger partial charge in [0.15, 0.2) is 0 Å². The maximum atomic E-state index is 14.1. The van der Waals surface area contributed by atoms with Crippen LogP contribution in [0, 0.1) is 11.3 Å². The fraction of sp³-hybridized carbons (Fsp3) is 0.138. The summed E-state index contributed by atoms with van der Waals surface area (Å²) >= 11 is 0. The van der Waals surface area contributed by atoms with E-state index >= 15 is 0 Å². The van der Waals surface area contributed by atoms with E-state index in [1.807, 2.05) is 80.6 Å². The molecule has 0 aliphatic rings. The number of rotatable bonds is 7. The molecule has 0 radical (unpaired) electrons. The number of benzene rings is 3. The van der Waals surface area contributed by atoms with Crippen LogP contribution in [0.15, 0.2) is 89.9 Å². The monoisotopic (exact) mass is 503 g/mol. The van der Waals surface area contributed by atoms with Gasteiger partial charge in [-0.15, -0.1) is 0 Å². The fourth-order valence-electron chi connectivity index (χ4n) is 4.20. The van der Waals surface area contributed by atoms with Crippen molar-refractivity contribution in [3.63, 3.8) is 0 Å². The minimum absolute atomic E-state index is 0.0577. The van der Waals surface area contributed by atoms with Crippen molar-refractivity contribution in [2.24, 2.45) is 0 Å². The average molecular weight is 504 g/mol. The largest absolute Gasteiger partial charge is 0.456 e. The van der Waals surface area contributed by atoms with Crippen molar-refractivity contribution >= 4 is 22.7 Å². The number of fused-ring (bicyclic) bond motifs is 1. The predicted octanol–water partition coefficient (Wildman–Crippen LogP) is 5.03. The highest BCUT2D eigenvalue weighted by atomic mass is 16.5. The van der Waals surface area contributed by atoms with Crippen LogP contribution in [0.4, 0.5) is 11.8 Å². The zero-order valence-electron chi connectivity index (χ0n) is 20.9. The number of nitriles is 1. The summed E-state index contributed by atoms with van der Waals surface area (Å²) in [5, 5.41) is 13.1. The van der Waals surface area contributed by atoms with Crippen molar-refractivity contribution in [2.45, 2.75) is 25.8 Å². The molecule has 3 N–H and O–H groups in total. The van der Waals surface area contributed by atoms with E-state index in [1.165, 1.54) is 6.20 Å². The van der Waals surface area contributed by atoms with E-state index in [4.69, 9.17) is 15.5 Å². The van der Waals surface area contributed by atoms with Gasteiger partial charge in [-0.05, 0) is 43.3 Å². The Morgan fingerprint density at radius 3 is 2.39 bits per heavy atom. The number of anilines is 2. The van der Waals surface area contributed by atoms with E-state index in [2.05, 4.69) is 21.4 Å². The summed E-state index contributed by atoms with van der Waals surface area (Å²) in [6.45, 7) is 3.90. The summed E-state index contributed by atoms with van der Waals surface area (Å²) in [4.78, 5) is 27.2. The maximum absolute atomic E-state index is 14.1. The minimum Gasteiger partial charge on any atom is -0.456 e.